The molecular formula is C24H22IrNO3-. The minimum Gasteiger partial charge on any atom is -0.512 e. The Labute approximate surface area is 184 Å². The van der Waals surface area contributed by atoms with Gasteiger partial charge in [0.05, 0.1) is 23.5 Å². The smallest absolute Gasteiger partial charge is 0.155 e. The summed E-state index contributed by atoms with van der Waals surface area (Å²) in [6.45, 7) is 2.85. The topological polar surface area (TPSA) is 59.4 Å². The summed E-state index contributed by atoms with van der Waals surface area (Å²) < 4.78 is 6.16. The summed E-state index contributed by atoms with van der Waals surface area (Å²) in [5, 5.41) is 9.61. The molecule has 2 bridgehead atoms. The number of ether oxygens (including phenoxy) is 1. The maximum absolute atomic E-state index is 10.0. The third-order valence-corrected chi connectivity index (χ3v) is 5.01. The van der Waals surface area contributed by atoms with Crippen molar-refractivity contribution in [1.29, 1.82) is 0 Å². The van der Waals surface area contributed by atoms with Gasteiger partial charge in [-0.1, -0.05) is 18.2 Å². The van der Waals surface area contributed by atoms with E-state index in [0.29, 0.717) is 0 Å². The van der Waals surface area contributed by atoms with E-state index in [-0.39, 0.29) is 43.9 Å². The normalized spacial score (nSPS) is 19.2. The molecule has 151 valence electrons. The molecule has 1 aromatic heterocycles. The first-order chi connectivity index (χ1) is 13.5. The van der Waals surface area contributed by atoms with Crippen LogP contribution in [0.2, 0.25) is 0 Å². The van der Waals surface area contributed by atoms with Crippen molar-refractivity contribution in [2.75, 3.05) is 0 Å². The van der Waals surface area contributed by atoms with Gasteiger partial charge in [0.1, 0.15) is 0 Å². The Morgan fingerprint density at radius 3 is 2.41 bits per heavy atom. The van der Waals surface area contributed by atoms with E-state index in [2.05, 4.69) is 30.3 Å². The number of pyridine rings is 1. The van der Waals surface area contributed by atoms with Crippen LogP contribution in [0.25, 0.3) is 22.2 Å². The number of aliphatic hydroxyl groups is 1. The number of hydrogen-bond donors (Lipinski definition) is 1. The van der Waals surface area contributed by atoms with Crippen LogP contribution in [0.15, 0.2) is 60.4 Å². The Kier molecular flexibility index (Phi) is 6.63. The number of carbonyl (C=O) groups is 1. The average molecular weight is 565 g/mol. The number of benzene rings is 2. The second kappa shape index (κ2) is 9.00. The Morgan fingerprint density at radius 2 is 1.79 bits per heavy atom. The summed E-state index contributed by atoms with van der Waals surface area (Å²) in [5.74, 6) is -0.0625. The zero-order valence-corrected chi connectivity index (χ0v) is 18.7. The molecule has 2 aliphatic heterocycles. The number of nitrogens with zero attached hydrogens (tertiary/aromatic N) is 1. The van der Waals surface area contributed by atoms with E-state index >= 15 is 0 Å². The van der Waals surface area contributed by atoms with Gasteiger partial charge >= 0.3 is 0 Å². The van der Waals surface area contributed by atoms with Crippen molar-refractivity contribution in [1.82, 2.24) is 4.98 Å². The monoisotopic (exact) mass is 565 g/mol. The van der Waals surface area contributed by atoms with Gasteiger partial charge in [-0.2, -0.15) is 0 Å². The molecule has 4 nitrogen and oxygen atoms in total. The molecule has 2 atom stereocenters. The maximum atomic E-state index is 10.0. The van der Waals surface area contributed by atoms with Crippen LogP contribution in [0.4, 0.5) is 0 Å². The minimum absolute atomic E-state index is 0. The summed E-state index contributed by atoms with van der Waals surface area (Å²) in [7, 11) is 0. The van der Waals surface area contributed by atoms with Gasteiger partial charge in [-0.3, -0.25) is 9.78 Å². The Hall–Kier alpha value is -2.33. The van der Waals surface area contributed by atoms with Crippen molar-refractivity contribution < 1.29 is 34.7 Å². The molecule has 0 spiro atoms. The number of ketones is 1. The fourth-order valence-corrected chi connectivity index (χ4v) is 4.03. The van der Waals surface area contributed by atoms with E-state index in [1.165, 1.54) is 36.4 Å². The van der Waals surface area contributed by atoms with Crippen LogP contribution in [-0.2, 0) is 29.6 Å². The number of rotatable bonds is 2. The number of hydrogen-bond acceptors (Lipinski definition) is 4. The number of aromatic nitrogens is 1. The molecule has 0 amide bonds. The van der Waals surface area contributed by atoms with Gasteiger partial charge in [0.2, 0.25) is 0 Å². The van der Waals surface area contributed by atoms with E-state index in [1.54, 1.807) is 0 Å². The number of carbonyl (C=O) groups excluding carboxylic acids is 1. The molecule has 0 saturated carbocycles. The minimum atomic E-state index is -0.125. The van der Waals surface area contributed by atoms with Crippen LogP contribution in [-0.4, -0.2) is 15.9 Å². The predicted octanol–water partition coefficient (Wildman–Crippen LogP) is 5.64. The number of allylic oxidation sites excluding steroid dienone is 2. The standard InChI is InChI=1S/C19H14NO.C5H8O2.Ir/c1-2-6-12(7-3-1)19-18-16-11-10-15(21-16)17(18)13-8-4-5-9-14(13)20-19;1-4(6)3-5(2)7;/h1-6,8-9,15-16H,10-11H2;3,6H,1-2H3;/q-1;;. The van der Waals surface area contributed by atoms with Gasteiger partial charge in [0, 0.05) is 31.6 Å². The van der Waals surface area contributed by atoms with Crippen molar-refractivity contribution in [2.24, 2.45) is 0 Å². The fourth-order valence-electron chi connectivity index (χ4n) is 4.03. The fraction of sp³-hybridized carbons (Fsp3) is 0.250. The summed E-state index contributed by atoms with van der Waals surface area (Å²) >= 11 is 0. The van der Waals surface area contributed by atoms with E-state index < -0.39 is 0 Å². The predicted molar refractivity (Wildman–Crippen MR) is 109 cm³/mol. The number of para-hydroxylation sites is 1. The van der Waals surface area contributed by atoms with Gasteiger partial charge in [-0.05, 0) is 49.6 Å². The summed E-state index contributed by atoms with van der Waals surface area (Å²) in [4.78, 5) is 14.9. The molecule has 3 heterocycles. The molecule has 5 heteroatoms. The maximum Gasteiger partial charge on any atom is 0.155 e. The molecule has 0 aliphatic carbocycles. The van der Waals surface area contributed by atoms with E-state index in [1.807, 2.05) is 24.3 Å². The van der Waals surface area contributed by atoms with E-state index in [9.17, 15) is 4.79 Å². The average Bonchev–Trinajstić information content (AvgIpc) is 3.30. The van der Waals surface area contributed by atoms with Gasteiger partial charge in [-0.15, -0.1) is 35.9 Å². The first-order valence-electron chi connectivity index (χ1n) is 9.47. The zero-order valence-electron chi connectivity index (χ0n) is 16.3. The van der Waals surface area contributed by atoms with Crippen molar-refractivity contribution in [2.45, 2.75) is 38.9 Å². The summed E-state index contributed by atoms with van der Waals surface area (Å²) in [6, 6.07) is 19.8. The molecular weight excluding hydrogens is 542 g/mol. The molecule has 5 rings (SSSR count). The van der Waals surface area contributed by atoms with Crippen LogP contribution in [0.1, 0.15) is 50.0 Å². The molecule has 2 unspecified atom stereocenters. The van der Waals surface area contributed by atoms with Crippen LogP contribution in [0.5, 0.6) is 0 Å². The second-order valence-corrected chi connectivity index (χ2v) is 7.17. The molecule has 3 aromatic rings. The summed E-state index contributed by atoms with van der Waals surface area (Å²) in [6.07, 6.45) is 3.87. The van der Waals surface area contributed by atoms with Crippen LogP contribution in [0, 0.1) is 6.07 Å². The zero-order chi connectivity index (χ0) is 19.7. The van der Waals surface area contributed by atoms with Gasteiger partial charge in [0.15, 0.2) is 5.78 Å². The Balaban J connectivity index is 0.000000263. The molecule has 2 aliphatic rings. The Bertz CT molecular complexity index is 1060. The van der Waals surface area contributed by atoms with Crippen LogP contribution < -0.4 is 0 Å². The molecule has 2 aromatic carbocycles. The summed E-state index contributed by atoms with van der Waals surface area (Å²) in [5.41, 5.74) is 5.84. The van der Waals surface area contributed by atoms with Crippen molar-refractivity contribution in [3.63, 3.8) is 0 Å². The van der Waals surface area contributed by atoms with Crippen molar-refractivity contribution in [3.8, 4) is 11.3 Å². The second-order valence-electron chi connectivity index (χ2n) is 7.17. The van der Waals surface area contributed by atoms with Crippen molar-refractivity contribution >= 4 is 16.7 Å². The quantitative estimate of drug-likeness (QED) is 0.249. The Morgan fingerprint density at radius 1 is 1.10 bits per heavy atom. The van der Waals surface area contributed by atoms with Gasteiger partial charge in [-0.25, -0.2) is 0 Å². The largest absolute Gasteiger partial charge is 0.512 e. The van der Waals surface area contributed by atoms with Crippen molar-refractivity contribution in [3.05, 3.63) is 77.6 Å². The number of fused-ring (bicyclic) bond motifs is 7. The van der Waals surface area contributed by atoms with E-state index in [4.69, 9.17) is 14.8 Å². The third kappa shape index (κ3) is 4.32. The number of aliphatic hydroxyl groups excluding tert-OH is 1. The molecule has 1 N–H and O–H groups in total. The third-order valence-electron chi connectivity index (χ3n) is 5.01. The first-order valence-corrected chi connectivity index (χ1v) is 9.47. The molecule has 1 radical (unpaired) electrons. The molecule has 29 heavy (non-hydrogen) atoms. The van der Waals surface area contributed by atoms with Gasteiger partial charge < -0.3 is 9.84 Å². The SMILES string of the molecule is CC(=O)C=C(C)O.[Ir].[c-]1ccccc1-c1nc2ccccc2c2c1C1CCC2O1. The first kappa shape index (κ1) is 21.4. The van der Waals surface area contributed by atoms with Crippen LogP contribution >= 0.6 is 0 Å². The molecule has 1 saturated heterocycles. The molecule has 1 fully saturated rings. The van der Waals surface area contributed by atoms with Gasteiger partial charge in [0.25, 0.3) is 0 Å². The van der Waals surface area contributed by atoms with Crippen LogP contribution in [0.3, 0.4) is 0 Å². The van der Waals surface area contributed by atoms with E-state index in [0.717, 1.165) is 29.6 Å².